The summed E-state index contributed by atoms with van der Waals surface area (Å²) in [5.74, 6) is 0. The van der Waals surface area contributed by atoms with E-state index in [0.29, 0.717) is 0 Å². The van der Waals surface area contributed by atoms with Gasteiger partial charge in [0.15, 0.2) is 0 Å². The molecule has 1 rings (SSSR count). The molecule has 0 atom stereocenters. The number of hydrogen-bond donors (Lipinski definition) is 1. The summed E-state index contributed by atoms with van der Waals surface area (Å²) in [6.45, 7) is 6.02. The van der Waals surface area contributed by atoms with Crippen LogP contribution in [0.5, 0.6) is 0 Å². The molecule has 0 spiro atoms. The zero-order valence-corrected chi connectivity index (χ0v) is 7.19. The van der Waals surface area contributed by atoms with Crippen LogP contribution in [0, 0.1) is 13.8 Å². The van der Waals surface area contributed by atoms with Gasteiger partial charge in [-0.15, -0.1) is 0 Å². The van der Waals surface area contributed by atoms with Gasteiger partial charge in [0.05, 0.1) is 0 Å². The van der Waals surface area contributed by atoms with Gasteiger partial charge in [0, 0.05) is 11.8 Å². The van der Waals surface area contributed by atoms with Crippen LogP contribution in [0.25, 0.3) is 0 Å². The normalized spacial score (nSPS) is 10.1. The van der Waals surface area contributed by atoms with Crippen molar-refractivity contribution >= 4 is 0 Å². The fraction of sp³-hybridized carbons (Fsp3) is 0.444. The number of hydrogen-bond acceptors (Lipinski definition) is 1. The Morgan fingerprint density at radius 2 is 2.09 bits per heavy atom. The van der Waals surface area contributed by atoms with Crippen molar-refractivity contribution in [3.05, 3.63) is 33.2 Å². The molecule has 0 amide bonds. The molecule has 0 unspecified atom stereocenters. The lowest BCUT2D eigenvalue weighted by Crippen LogP contribution is -2.09. The van der Waals surface area contributed by atoms with E-state index in [2.05, 4.69) is 11.9 Å². The summed E-state index contributed by atoms with van der Waals surface area (Å²) in [6, 6.07) is 1.67. The van der Waals surface area contributed by atoms with Crippen LogP contribution in [0.2, 0.25) is 0 Å². The second-order valence-corrected chi connectivity index (χ2v) is 2.76. The molecule has 1 N–H and O–H groups in total. The molecule has 2 heteroatoms. The number of aryl methyl sites for hydroxylation is 2. The van der Waals surface area contributed by atoms with E-state index < -0.39 is 0 Å². The standard InChI is InChI=1S/C9H13NO/c1-4-8-5-9(11)10-7(3)6(8)2/h5H,4H2,1-3H3,(H,10,11). The minimum atomic E-state index is 0.00458. The van der Waals surface area contributed by atoms with Crippen molar-refractivity contribution in [3.63, 3.8) is 0 Å². The Balaban J connectivity index is 3.36. The molecule has 0 aromatic carbocycles. The van der Waals surface area contributed by atoms with Crippen LogP contribution in [0.1, 0.15) is 23.7 Å². The number of nitrogens with one attached hydrogen (secondary N) is 1. The monoisotopic (exact) mass is 151 g/mol. The average Bonchev–Trinajstić information content (AvgIpc) is 1.96. The maximum absolute atomic E-state index is 11.0. The van der Waals surface area contributed by atoms with Gasteiger partial charge >= 0.3 is 0 Å². The number of rotatable bonds is 1. The molecule has 60 valence electrons. The molecular weight excluding hydrogens is 138 g/mol. The van der Waals surface area contributed by atoms with E-state index in [0.717, 1.165) is 17.7 Å². The van der Waals surface area contributed by atoms with Crippen molar-refractivity contribution in [1.82, 2.24) is 4.98 Å². The van der Waals surface area contributed by atoms with E-state index in [1.54, 1.807) is 6.07 Å². The molecule has 1 aromatic heterocycles. The van der Waals surface area contributed by atoms with Crippen molar-refractivity contribution in [1.29, 1.82) is 0 Å². The summed E-state index contributed by atoms with van der Waals surface area (Å²) in [5.41, 5.74) is 3.33. The smallest absolute Gasteiger partial charge is 0.248 e. The third-order valence-corrected chi connectivity index (χ3v) is 2.04. The average molecular weight is 151 g/mol. The molecule has 0 aliphatic heterocycles. The Kier molecular flexibility index (Phi) is 2.13. The van der Waals surface area contributed by atoms with Crippen LogP contribution in [0.15, 0.2) is 10.9 Å². The lowest BCUT2D eigenvalue weighted by molar-refractivity contribution is 1.02. The Bertz CT molecular complexity index is 312. The van der Waals surface area contributed by atoms with Crippen molar-refractivity contribution in [2.24, 2.45) is 0 Å². The van der Waals surface area contributed by atoms with E-state index in [1.165, 1.54) is 5.56 Å². The maximum Gasteiger partial charge on any atom is 0.248 e. The summed E-state index contributed by atoms with van der Waals surface area (Å²) in [7, 11) is 0. The van der Waals surface area contributed by atoms with Gasteiger partial charge < -0.3 is 4.98 Å². The fourth-order valence-corrected chi connectivity index (χ4v) is 1.19. The lowest BCUT2D eigenvalue weighted by Gasteiger charge is -2.04. The van der Waals surface area contributed by atoms with E-state index in [4.69, 9.17) is 0 Å². The third kappa shape index (κ3) is 1.50. The van der Waals surface area contributed by atoms with Crippen molar-refractivity contribution < 1.29 is 0 Å². The predicted molar refractivity (Wildman–Crippen MR) is 45.9 cm³/mol. The highest BCUT2D eigenvalue weighted by Crippen LogP contribution is 2.07. The molecule has 2 nitrogen and oxygen atoms in total. The van der Waals surface area contributed by atoms with E-state index >= 15 is 0 Å². The van der Waals surface area contributed by atoms with Gasteiger partial charge in [-0.25, -0.2) is 0 Å². The van der Waals surface area contributed by atoms with Gasteiger partial charge in [0.2, 0.25) is 5.56 Å². The highest BCUT2D eigenvalue weighted by atomic mass is 16.1. The maximum atomic E-state index is 11.0. The number of pyridine rings is 1. The Morgan fingerprint density at radius 3 is 2.64 bits per heavy atom. The van der Waals surface area contributed by atoms with Gasteiger partial charge in [-0.2, -0.15) is 0 Å². The molecule has 0 aliphatic rings. The fourth-order valence-electron chi connectivity index (χ4n) is 1.19. The number of aromatic nitrogens is 1. The van der Waals surface area contributed by atoms with Crippen LogP contribution < -0.4 is 5.56 Å². The zero-order chi connectivity index (χ0) is 8.43. The van der Waals surface area contributed by atoms with Crippen molar-refractivity contribution in [2.75, 3.05) is 0 Å². The highest BCUT2D eigenvalue weighted by Gasteiger charge is 1.99. The van der Waals surface area contributed by atoms with Gasteiger partial charge in [-0.05, 0) is 31.4 Å². The molecule has 1 heterocycles. The zero-order valence-electron chi connectivity index (χ0n) is 7.19. The van der Waals surface area contributed by atoms with Gasteiger partial charge in [0.1, 0.15) is 0 Å². The summed E-state index contributed by atoms with van der Waals surface area (Å²) < 4.78 is 0. The highest BCUT2D eigenvalue weighted by molar-refractivity contribution is 5.27. The summed E-state index contributed by atoms with van der Waals surface area (Å²) in [6.07, 6.45) is 0.927. The van der Waals surface area contributed by atoms with Gasteiger partial charge in [0.25, 0.3) is 0 Å². The van der Waals surface area contributed by atoms with E-state index in [1.807, 2.05) is 13.8 Å². The van der Waals surface area contributed by atoms with Crippen LogP contribution >= 0.6 is 0 Å². The summed E-state index contributed by atoms with van der Waals surface area (Å²) in [5, 5.41) is 0. The van der Waals surface area contributed by atoms with Crippen LogP contribution in [0.4, 0.5) is 0 Å². The first-order chi connectivity index (χ1) is 5.15. The first-order valence-electron chi connectivity index (χ1n) is 3.84. The molecule has 0 fully saturated rings. The Hall–Kier alpha value is -1.05. The SMILES string of the molecule is CCc1cc(=O)[nH]c(C)c1C. The van der Waals surface area contributed by atoms with Crippen molar-refractivity contribution in [3.8, 4) is 0 Å². The first kappa shape index (κ1) is 8.05. The van der Waals surface area contributed by atoms with Crippen molar-refractivity contribution in [2.45, 2.75) is 27.2 Å². The summed E-state index contributed by atoms with van der Waals surface area (Å²) in [4.78, 5) is 13.7. The largest absolute Gasteiger partial charge is 0.326 e. The second-order valence-electron chi connectivity index (χ2n) is 2.76. The van der Waals surface area contributed by atoms with E-state index in [9.17, 15) is 4.79 Å². The molecule has 11 heavy (non-hydrogen) atoms. The minimum Gasteiger partial charge on any atom is -0.326 e. The topological polar surface area (TPSA) is 32.9 Å². The molecule has 0 saturated carbocycles. The van der Waals surface area contributed by atoms with Crippen LogP contribution in [-0.2, 0) is 6.42 Å². The number of aromatic amines is 1. The second kappa shape index (κ2) is 2.91. The van der Waals surface area contributed by atoms with Crippen LogP contribution in [0.3, 0.4) is 0 Å². The quantitative estimate of drug-likeness (QED) is 0.649. The van der Waals surface area contributed by atoms with Gasteiger partial charge in [-0.1, -0.05) is 6.92 Å². The van der Waals surface area contributed by atoms with Crippen LogP contribution in [-0.4, -0.2) is 4.98 Å². The third-order valence-electron chi connectivity index (χ3n) is 2.04. The van der Waals surface area contributed by atoms with E-state index in [-0.39, 0.29) is 5.56 Å². The molecule has 0 radical (unpaired) electrons. The summed E-state index contributed by atoms with van der Waals surface area (Å²) >= 11 is 0. The molecule has 0 bridgehead atoms. The molecule has 0 aliphatic carbocycles. The predicted octanol–water partition coefficient (Wildman–Crippen LogP) is 1.55. The molecule has 0 saturated heterocycles. The molecular formula is C9H13NO. The Morgan fingerprint density at radius 1 is 1.45 bits per heavy atom. The number of H-pyrrole nitrogens is 1. The minimum absolute atomic E-state index is 0.00458. The molecule has 1 aromatic rings. The Labute approximate surface area is 66.3 Å². The van der Waals surface area contributed by atoms with Gasteiger partial charge in [-0.3, -0.25) is 4.79 Å². The first-order valence-corrected chi connectivity index (χ1v) is 3.84. The lowest BCUT2D eigenvalue weighted by atomic mass is 10.1.